The van der Waals surface area contributed by atoms with Crippen LogP contribution in [0.15, 0.2) is 70.1 Å². The van der Waals surface area contributed by atoms with Crippen molar-refractivity contribution in [3.8, 4) is 0 Å². The Morgan fingerprint density at radius 1 is 1.00 bits per heavy atom. The van der Waals surface area contributed by atoms with Gasteiger partial charge >= 0.3 is 6.03 Å². The van der Waals surface area contributed by atoms with Gasteiger partial charge in [0.15, 0.2) is 16.0 Å². The topological polar surface area (TPSA) is 174 Å². The van der Waals surface area contributed by atoms with Crippen LogP contribution < -0.4 is 16.4 Å². The lowest BCUT2D eigenvalue weighted by molar-refractivity contribution is -0.384. The molecule has 31 heavy (non-hydrogen) atoms. The first-order valence-corrected chi connectivity index (χ1v) is 10.5. The van der Waals surface area contributed by atoms with Crippen LogP contribution in [-0.2, 0) is 14.6 Å². The summed E-state index contributed by atoms with van der Waals surface area (Å²) in [6, 6.07) is 11.7. The van der Waals surface area contributed by atoms with Gasteiger partial charge in [0, 0.05) is 12.1 Å². The summed E-state index contributed by atoms with van der Waals surface area (Å²) in [4.78, 5) is 38.8. The summed E-state index contributed by atoms with van der Waals surface area (Å²) in [6.45, 7) is 0. The fourth-order valence-electron chi connectivity index (χ4n) is 3.53. The first-order chi connectivity index (χ1) is 14.7. The van der Waals surface area contributed by atoms with Gasteiger partial charge in [-0.05, 0) is 35.4 Å². The number of imide groups is 1. The summed E-state index contributed by atoms with van der Waals surface area (Å²) in [6.07, 6.45) is -1.19. The maximum atomic E-state index is 13.5. The standard InChI is InChI=1S/C19H15N5O6S/c20-16-15(31(29,30)12-4-2-1-3-5-12)13(10-6-8-11(9-7-10)24(27)28)14-17(21-16)22-19(26)23-18(14)25/h1-9,15,17H,(H2,20,21)(H2,22,23,25,26). The Morgan fingerprint density at radius 3 is 2.26 bits per heavy atom. The molecular weight excluding hydrogens is 426 g/mol. The first-order valence-electron chi connectivity index (χ1n) is 8.93. The summed E-state index contributed by atoms with van der Waals surface area (Å²) < 4.78 is 27.0. The molecule has 4 rings (SSSR count). The Balaban J connectivity index is 1.97. The molecule has 2 aromatic carbocycles. The Hall–Kier alpha value is -4.06. The number of nitro groups is 1. The zero-order valence-corrected chi connectivity index (χ0v) is 16.5. The molecule has 0 aliphatic carbocycles. The van der Waals surface area contributed by atoms with Crippen LogP contribution in [0.4, 0.5) is 10.5 Å². The highest BCUT2D eigenvalue weighted by molar-refractivity contribution is 7.93. The lowest BCUT2D eigenvalue weighted by Crippen LogP contribution is -2.57. The van der Waals surface area contributed by atoms with Gasteiger partial charge in [0.05, 0.1) is 15.4 Å². The Kier molecular flexibility index (Phi) is 4.78. The first kappa shape index (κ1) is 20.2. The smallest absolute Gasteiger partial charge is 0.323 e. The number of aliphatic imine (C=N–C) groups is 1. The highest BCUT2D eigenvalue weighted by Gasteiger charge is 2.45. The number of hydrogen-bond donors (Lipinski definition) is 3. The van der Waals surface area contributed by atoms with Gasteiger partial charge in [0.1, 0.15) is 11.1 Å². The molecule has 1 saturated heterocycles. The number of benzene rings is 2. The van der Waals surface area contributed by atoms with Crippen molar-refractivity contribution in [3.05, 3.63) is 75.8 Å². The largest absolute Gasteiger partial charge is 0.386 e. The Bertz CT molecular complexity index is 1270. The van der Waals surface area contributed by atoms with Gasteiger partial charge in [-0.1, -0.05) is 18.2 Å². The number of amidine groups is 1. The zero-order chi connectivity index (χ0) is 22.3. The maximum absolute atomic E-state index is 13.5. The van der Waals surface area contributed by atoms with E-state index in [-0.39, 0.29) is 33.1 Å². The van der Waals surface area contributed by atoms with Crippen molar-refractivity contribution in [2.24, 2.45) is 10.7 Å². The number of nitrogens with one attached hydrogen (secondary N) is 2. The minimum atomic E-state index is -4.16. The Labute approximate surface area is 175 Å². The summed E-state index contributed by atoms with van der Waals surface area (Å²) in [7, 11) is -4.16. The average Bonchev–Trinajstić information content (AvgIpc) is 2.73. The van der Waals surface area contributed by atoms with Gasteiger partial charge in [-0.3, -0.25) is 20.2 Å². The second kappa shape index (κ2) is 7.32. The third-order valence-corrected chi connectivity index (χ3v) is 6.91. The number of sulfone groups is 1. The molecular formula is C19H15N5O6S. The van der Waals surface area contributed by atoms with Crippen LogP contribution in [0.3, 0.4) is 0 Å². The van der Waals surface area contributed by atoms with Gasteiger partial charge < -0.3 is 11.1 Å². The molecule has 3 amide bonds. The SMILES string of the molecule is NC1=NC2NC(=O)NC(=O)C2=C(c2ccc([N+](=O)[O-])cc2)C1S(=O)(=O)c1ccccc1. The molecule has 158 valence electrons. The summed E-state index contributed by atoms with van der Waals surface area (Å²) in [5.41, 5.74) is 5.95. The minimum Gasteiger partial charge on any atom is -0.386 e. The van der Waals surface area contributed by atoms with E-state index in [4.69, 9.17) is 5.73 Å². The number of urea groups is 1. The molecule has 2 heterocycles. The third kappa shape index (κ3) is 3.42. The van der Waals surface area contributed by atoms with Gasteiger partial charge in [0.25, 0.3) is 11.6 Å². The van der Waals surface area contributed by atoms with Crippen LogP contribution >= 0.6 is 0 Å². The van der Waals surface area contributed by atoms with Crippen molar-refractivity contribution in [2.75, 3.05) is 0 Å². The molecule has 1 fully saturated rings. The van der Waals surface area contributed by atoms with E-state index >= 15 is 0 Å². The van der Waals surface area contributed by atoms with Crippen molar-refractivity contribution in [1.29, 1.82) is 0 Å². The highest BCUT2D eigenvalue weighted by Crippen LogP contribution is 2.36. The number of nitrogens with zero attached hydrogens (tertiary/aromatic N) is 2. The number of non-ortho nitro benzene ring substituents is 1. The van der Waals surface area contributed by atoms with Gasteiger partial charge in [-0.15, -0.1) is 0 Å². The summed E-state index contributed by atoms with van der Waals surface area (Å²) >= 11 is 0. The number of fused-ring (bicyclic) bond motifs is 1. The van der Waals surface area contributed by atoms with E-state index in [1.54, 1.807) is 6.07 Å². The molecule has 11 nitrogen and oxygen atoms in total. The predicted octanol–water partition coefficient (Wildman–Crippen LogP) is 0.727. The van der Waals surface area contributed by atoms with Crippen LogP contribution in [0.5, 0.6) is 0 Å². The van der Waals surface area contributed by atoms with E-state index in [0.29, 0.717) is 0 Å². The number of amides is 3. The molecule has 0 bridgehead atoms. The molecule has 0 saturated carbocycles. The van der Waals surface area contributed by atoms with Gasteiger partial charge in [-0.2, -0.15) is 0 Å². The number of rotatable bonds is 4. The molecule has 2 atom stereocenters. The fourth-order valence-corrected chi connectivity index (χ4v) is 5.29. The quantitative estimate of drug-likeness (QED) is 0.463. The van der Waals surface area contributed by atoms with Crippen LogP contribution in [0.2, 0.25) is 0 Å². The molecule has 2 aliphatic rings. The molecule has 0 radical (unpaired) electrons. The Morgan fingerprint density at radius 2 is 1.65 bits per heavy atom. The highest BCUT2D eigenvalue weighted by atomic mass is 32.2. The zero-order valence-electron chi connectivity index (χ0n) is 15.7. The summed E-state index contributed by atoms with van der Waals surface area (Å²) in [5.74, 6) is -1.15. The van der Waals surface area contributed by atoms with Crippen molar-refractivity contribution < 1.29 is 22.9 Å². The van der Waals surface area contributed by atoms with Crippen molar-refractivity contribution >= 4 is 38.9 Å². The second-order valence-electron chi connectivity index (χ2n) is 6.75. The predicted molar refractivity (Wildman–Crippen MR) is 110 cm³/mol. The van der Waals surface area contributed by atoms with E-state index in [2.05, 4.69) is 15.6 Å². The van der Waals surface area contributed by atoms with E-state index < -0.39 is 38.1 Å². The fraction of sp³-hybridized carbons (Fsp3) is 0.105. The third-order valence-electron chi connectivity index (χ3n) is 4.88. The molecule has 2 aliphatic heterocycles. The minimum absolute atomic E-state index is 0.00579. The van der Waals surface area contributed by atoms with Gasteiger partial charge in [0.2, 0.25) is 0 Å². The molecule has 4 N–H and O–H groups in total. The van der Waals surface area contributed by atoms with E-state index in [1.807, 2.05) is 0 Å². The lowest BCUT2D eigenvalue weighted by Gasteiger charge is -2.33. The molecule has 12 heteroatoms. The van der Waals surface area contributed by atoms with Crippen molar-refractivity contribution in [3.63, 3.8) is 0 Å². The van der Waals surface area contributed by atoms with Crippen molar-refractivity contribution in [1.82, 2.24) is 10.6 Å². The van der Waals surface area contributed by atoms with Crippen LogP contribution in [0, 0.1) is 10.1 Å². The maximum Gasteiger partial charge on any atom is 0.323 e. The number of carbonyl (C=O) groups excluding carboxylic acids is 2. The number of nitrogens with two attached hydrogens (primary N) is 1. The molecule has 0 aromatic heterocycles. The number of carbonyl (C=O) groups is 2. The van der Waals surface area contributed by atoms with E-state index in [0.717, 1.165) is 0 Å². The van der Waals surface area contributed by atoms with Crippen LogP contribution in [-0.4, -0.2) is 42.5 Å². The second-order valence-corrected chi connectivity index (χ2v) is 8.79. The van der Waals surface area contributed by atoms with Gasteiger partial charge in [-0.25, -0.2) is 18.2 Å². The normalized spacial score (nSPS) is 21.0. The van der Waals surface area contributed by atoms with Crippen LogP contribution in [0.1, 0.15) is 5.56 Å². The van der Waals surface area contributed by atoms with E-state index in [9.17, 15) is 28.1 Å². The lowest BCUT2D eigenvalue weighted by atomic mass is 9.91. The number of hydrogen-bond acceptors (Lipinski definition) is 8. The average molecular weight is 441 g/mol. The monoisotopic (exact) mass is 441 g/mol. The van der Waals surface area contributed by atoms with Crippen LogP contribution in [0.25, 0.3) is 5.57 Å². The number of nitro benzene ring substituents is 1. The molecule has 2 unspecified atom stereocenters. The summed E-state index contributed by atoms with van der Waals surface area (Å²) in [5, 5.41) is 14.0. The molecule has 0 spiro atoms. The molecule has 2 aromatic rings. The van der Waals surface area contributed by atoms with Crippen molar-refractivity contribution in [2.45, 2.75) is 16.3 Å². The van der Waals surface area contributed by atoms with E-state index in [1.165, 1.54) is 48.5 Å². The number of dihydropyridines is 1.